The van der Waals surface area contributed by atoms with Gasteiger partial charge in [0.15, 0.2) is 0 Å². The topological polar surface area (TPSA) is 3.24 Å². The monoisotopic (exact) mass is 505 g/mol. The minimum Gasteiger partial charge on any atom is -0.370 e. The zero-order valence-electron chi connectivity index (χ0n) is 24.9. The van der Waals surface area contributed by atoms with Crippen LogP contribution in [-0.4, -0.2) is 18.5 Å². The second-order valence-corrected chi connectivity index (χ2v) is 9.92. The molecule has 0 unspecified atom stereocenters. The maximum atomic E-state index is 4.23. The molecule has 3 aromatic rings. The third-order valence-electron chi connectivity index (χ3n) is 6.82. The zero-order chi connectivity index (χ0) is 28.1. The lowest BCUT2D eigenvalue weighted by molar-refractivity contribution is 0.530. The van der Waals surface area contributed by atoms with Crippen LogP contribution in [0.25, 0.3) is 11.3 Å². The molecule has 1 aliphatic rings. The van der Waals surface area contributed by atoms with E-state index in [1.807, 2.05) is 19.9 Å². The molecule has 38 heavy (non-hydrogen) atoms. The highest BCUT2D eigenvalue weighted by atomic mass is 15.1. The third kappa shape index (κ3) is 8.48. The lowest BCUT2D eigenvalue weighted by Crippen LogP contribution is -2.19. The summed E-state index contributed by atoms with van der Waals surface area (Å²) in [5, 5.41) is 0. The first-order chi connectivity index (χ1) is 18.3. The van der Waals surface area contributed by atoms with Crippen LogP contribution in [0.2, 0.25) is 0 Å². The van der Waals surface area contributed by atoms with Crippen LogP contribution in [0.5, 0.6) is 0 Å². The molecule has 0 spiro atoms. The fraction of sp³-hybridized carbons (Fsp3) is 0.297. The maximum absolute atomic E-state index is 4.23. The van der Waals surface area contributed by atoms with Crippen molar-refractivity contribution in [1.82, 2.24) is 4.90 Å². The Bertz CT molecular complexity index is 1230. The van der Waals surface area contributed by atoms with Crippen LogP contribution < -0.4 is 0 Å². The number of allylic oxidation sites excluding steroid dienone is 5. The molecule has 0 fully saturated rings. The van der Waals surface area contributed by atoms with Crippen LogP contribution in [-0.2, 0) is 6.42 Å². The Balaban J connectivity index is 0.000000262. The van der Waals surface area contributed by atoms with E-state index in [-0.39, 0.29) is 0 Å². The molecule has 0 radical (unpaired) electrons. The van der Waals surface area contributed by atoms with E-state index in [0.717, 1.165) is 18.5 Å². The molecule has 4 rings (SSSR count). The van der Waals surface area contributed by atoms with Crippen LogP contribution in [0.4, 0.5) is 0 Å². The number of aryl methyl sites for hydroxylation is 2. The second kappa shape index (κ2) is 15.6. The van der Waals surface area contributed by atoms with Gasteiger partial charge >= 0.3 is 0 Å². The summed E-state index contributed by atoms with van der Waals surface area (Å²) in [4.78, 5) is 2.29. The fourth-order valence-electron chi connectivity index (χ4n) is 4.63. The van der Waals surface area contributed by atoms with Crippen LogP contribution in [0.15, 0.2) is 109 Å². The van der Waals surface area contributed by atoms with Gasteiger partial charge in [0.2, 0.25) is 0 Å². The van der Waals surface area contributed by atoms with Crippen molar-refractivity contribution in [2.45, 2.75) is 60.8 Å². The van der Waals surface area contributed by atoms with E-state index < -0.39 is 0 Å². The lowest BCUT2D eigenvalue weighted by Gasteiger charge is -2.26. The van der Waals surface area contributed by atoms with Gasteiger partial charge in [0.1, 0.15) is 0 Å². The van der Waals surface area contributed by atoms with Crippen molar-refractivity contribution in [1.29, 1.82) is 0 Å². The minimum absolute atomic E-state index is 0.562. The molecule has 0 saturated carbocycles. The molecule has 200 valence electrons. The average molecular weight is 506 g/mol. The van der Waals surface area contributed by atoms with Gasteiger partial charge in [0.05, 0.1) is 0 Å². The van der Waals surface area contributed by atoms with Gasteiger partial charge in [-0.05, 0) is 78.1 Å². The average Bonchev–Trinajstić information content (AvgIpc) is 2.94. The van der Waals surface area contributed by atoms with Gasteiger partial charge < -0.3 is 4.90 Å². The summed E-state index contributed by atoms with van der Waals surface area (Å²) in [5.41, 5.74) is 11.8. The Morgan fingerprint density at radius 2 is 1.50 bits per heavy atom. The van der Waals surface area contributed by atoms with Crippen molar-refractivity contribution in [3.05, 3.63) is 143 Å². The van der Waals surface area contributed by atoms with Crippen molar-refractivity contribution in [3.8, 4) is 0 Å². The van der Waals surface area contributed by atoms with Crippen LogP contribution >= 0.6 is 0 Å². The van der Waals surface area contributed by atoms with Gasteiger partial charge in [-0.3, -0.25) is 0 Å². The number of hydrogen-bond acceptors (Lipinski definition) is 1. The van der Waals surface area contributed by atoms with E-state index in [4.69, 9.17) is 0 Å². The second-order valence-electron chi connectivity index (χ2n) is 9.92. The summed E-state index contributed by atoms with van der Waals surface area (Å²) < 4.78 is 0. The van der Waals surface area contributed by atoms with Crippen LogP contribution in [0.3, 0.4) is 0 Å². The zero-order valence-corrected chi connectivity index (χ0v) is 24.9. The summed E-state index contributed by atoms with van der Waals surface area (Å²) in [7, 11) is 2.14. The molecule has 0 saturated heterocycles. The van der Waals surface area contributed by atoms with Gasteiger partial charge in [0, 0.05) is 24.9 Å². The molecular weight excluding hydrogens is 458 g/mol. The molecule has 0 aromatic heterocycles. The number of likely N-dealkylation sites (N-methyl/N-ethyl adjacent to an activating group) is 1. The number of benzene rings is 3. The first-order valence-corrected chi connectivity index (χ1v) is 13.9. The Morgan fingerprint density at radius 3 is 2.11 bits per heavy atom. The van der Waals surface area contributed by atoms with Gasteiger partial charge in [-0.15, -0.1) is 0 Å². The van der Waals surface area contributed by atoms with Gasteiger partial charge in [0.25, 0.3) is 0 Å². The van der Waals surface area contributed by atoms with E-state index in [1.54, 1.807) is 0 Å². The predicted octanol–water partition coefficient (Wildman–Crippen LogP) is 10.2. The molecule has 1 nitrogen and oxygen atoms in total. The van der Waals surface area contributed by atoms with Crippen LogP contribution in [0.1, 0.15) is 73.9 Å². The van der Waals surface area contributed by atoms with E-state index in [2.05, 4.69) is 144 Å². The van der Waals surface area contributed by atoms with E-state index in [9.17, 15) is 0 Å². The molecule has 0 aliphatic carbocycles. The first-order valence-electron chi connectivity index (χ1n) is 13.9. The highest BCUT2D eigenvalue weighted by molar-refractivity contribution is 5.76. The van der Waals surface area contributed by atoms with Crippen molar-refractivity contribution >= 4 is 11.3 Å². The standard InChI is InChI=1S/C21H24.C14H17N.C2H6/c1-16(2)21-13-9-8-12-20(21)15-14-17(3)18(4)19-10-6-5-7-11-19;1-11-7-6-8-12(2)14(11)13-9-4-5-10-15(13)3;1-2/h5-14,16H,4,15H2,1-3H3;4-9H,10H2,1-3H3;1-2H3/b17-14-;;. The Kier molecular flexibility index (Phi) is 12.6. The summed E-state index contributed by atoms with van der Waals surface area (Å²) in [6.45, 7) is 20.2. The molecule has 1 heterocycles. The summed E-state index contributed by atoms with van der Waals surface area (Å²) >= 11 is 0. The van der Waals surface area contributed by atoms with Gasteiger partial charge in [-0.25, -0.2) is 0 Å². The summed E-state index contributed by atoms with van der Waals surface area (Å²) in [5.74, 6) is 0.562. The van der Waals surface area contributed by atoms with Crippen molar-refractivity contribution in [2.24, 2.45) is 0 Å². The van der Waals surface area contributed by atoms with Gasteiger partial charge in [-0.2, -0.15) is 0 Å². The van der Waals surface area contributed by atoms with Crippen molar-refractivity contribution in [3.63, 3.8) is 0 Å². The highest BCUT2D eigenvalue weighted by Crippen LogP contribution is 2.27. The molecule has 1 aliphatic heterocycles. The summed E-state index contributed by atoms with van der Waals surface area (Å²) in [6.07, 6.45) is 9.76. The number of rotatable bonds is 6. The van der Waals surface area contributed by atoms with E-state index >= 15 is 0 Å². The highest BCUT2D eigenvalue weighted by Gasteiger charge is 2.12. The Labute approximate surface area is 232 Å². The fourth-order valence-corrected chi connectivity index (χ4v) is 4.63. The maximum Gasteiger partial charge on any atom is 0.0445 e. The number of hydrogen-bond donors (Lipinski definition) is 0. The normalized spacial score (nSPS) is 12.7. The summed E-state index contributed by atoms with van der Waals surface area (Å²) in [6, 6.07) is 25.5. The third-order valence-corrected chi connectivity index (χ3v) is 6.82. The number of nitrogens with zero attached hydrogens (tertiary/aromatic N) is 1. The molecule has 0 bridgehead atoms. The molecular formula is C37H47N. The Morgan fingerprint density at radius 1 is 0.895 bits per heavy atom. The SMILES string of the molecule is C=C(/C(C)=C\Cc1ccccc1C(C)C)c1ccccc1.CC.Cc1cccc(C)c1C1=CC=CCN1C. The van der Waals surface area contributed by atoms with E-state index in [1.165, 1.54) is 44.7 Å². The quantitative estimate of drug-likeness (QED) is 0.301. The first kappa shape index (κ1) is 30.6. The molecule has 3 aromatic carbocycles. The predicted molar refractivity (Wildman–Crippen MR) is 170 cm³/mol. The van der Waals surface area contributed by atoms with Crippen molar-refractivity contribution < 1.29 is 0 Å². The largest absolute Gasteiger partial charge is 0.370 e. The molecule has 0 atom stereocenters. The van der Waals surface area contributed by atoms with Gasteiger partial charge in [-0.1, -0.05) is 125 Å². The molecule has 0 amide bonds. The molecule has 1 heteroatoms. The van der Waals surface area contributed by atoms with Crippen molar-refractivity contribution in [2.75, 3.05) is 13.6 Å². The lowest BCUT2D eigenvalue weighted by atomic mass is 9.93. The van der Waals surface area contributed by atoms with Crippen LogP contribution in [0, 0.1) is 13.8 Å². The van der Waals surface area contributed by atoms with E-state index in [0.29, 0.717) is 5.92 Å². The minimum atomic E-state index is 0.562. The Hall–Kier alpha value is -3.58. The smallest absolute Gasteiger partial charge is 0.0445 e. The molecule has 0 N–H and O–H groups in total.